The number of aromatic nitrogens is 1. The average molecular weight is 595 g/mol. The van der Waals surface area contributed by atoms with Crippen LogP contribution in [-0.4, -0.2) is 60.5 Å². The van der Waals surface area contributed by atoms with E-state index in [1.807, 2.05) is 43.3 Å². The molecule has 0 aliphatic carbocycles. The number of rotatable bonds is 11. The molecule has 230 valence electrons. The first-order valence-electron chi connectivity index (χ1n) is 15.4. The first-order valence-corrected chi connectivity index (χ1v) is 15.4. The van der Waals surface area contributed by atoms with Crippen molar-refractivity contribution in [3.05, 3.63) is 94.8 Å². The Morgan fingerprint density at radius 1 is 0.955 bits per heavy atom. The molecule has 9 heteroatoms. The normalized spacial score (nSPS) is 13.6. The van der Waals surface area contributed by atoms with Gasteiger partial charge >= 0.3 is 6.03 Å². The number of likely N-dealkylation sites (tertiary alicyclic amines) is 1. The molecule has 0 bridgehead atoms. The molecule has 4 amide bonds. The van der Waals surface area contributed by atoms with Gasteiger partial charge in [0.25, 0.3) is 5.91 Å². The summed E-state index contributed by atoms with van der Waals surface area (Å²) < 4.78 is 0. The summed E-state index contributed by atoms with van der Waals surface area (Å²) in [5.74, 6) is 6.23. The van der Waals surface area contributed by atoms with Gasteiger partial charge in [0.1, 0.15) is 0 Å². The van der Waals surface area contributed by atoms with Crippen LogP contribution in [0.4, 0.5) is 10.5 Å². The second-order valence-corrected chi connectivity index (χ2v) is 10.9. The molecule has 1 aromatic heterocycles. The number of nitrogens with zero attached hydrogens (tertiary/aromatic N) is 2. The van der Waals surface area contributed by atoms with Crippen LogP contribution in [0, 0.1) is 11.8 Å². The average Bonchev–Trinajstić information content (AvgIpc) is 3.05. The second kappa shape index (κ2) is 16.8. The fourth-order valence-corrected chi connectivity index (χ4v) is 5.04. The van der Waals surface area contributed by atoms with E-state index in [-0.39, 0.29) is 23.9 Å². The van der Waals surface area contributed by atoms with Crippen molar-refractivity contribution >= 4 is 23.5 Å². The number of carbonyl (C=O) groups excluding carboxylic acids is 3. The summed E-state index contributed by atoms with van der Waals surface area (Å²) in [6, 6.07) is 15.9. The van der Waals surface area contributed by atoms with Gasteiger partial charge in [-0.3, -0.25) is 14.6 Å². The molecule has 1 saturated heterocycles. The Morgan fingerprint density at radius 3 is 2.48 bits per heavy atom. The van der Waals surface area contributed by atoms with Crippen LogP contribution in [0.3, 0.4) is 0 Å². The summed E-state index contributed by atoms with van der Waals surface area (Å²) in [5.41, 5.74) is 4.49. The third-order valence-electron chi connectivity index (χ3n) is 7.55. The van der Waals surface area contributed by atoms with Gasteiger partial charge in [-0.25, -0.2) is 4.79 Å². The molecular weight excluding hydrogens is 552 g/mol. The number of benzene rings is 2. The van der Waals surface area contributed by atoms with Crippen molar-refractivity contribution < 1.29 is 14.4 Å². The van der Waals surface area contributed by atoms with Crippen molar-refractivity contribution in [2.75, 3.05) is 38.0 Å². The number of anilines is 1. The molecule has 0 radical (unpaired) electrons. The Kier molecular flexibility index (Phi) is 12.3. The lowest BCUT2D eigenvalue weighted by Crippen LogP contribution is -2.37. The number of urea groups is 1. The van der Waals surface area contributed by atoms with Gasteiger partial charge in [0.05, 0.1) is 6.04 Å². The number of carbonyl (C=O) groups is 3. The van der Waals surface area contributed by atoms with Crippen molar-refractivity contribution in [2.45, 2.75) is 52.0 Å². The van der Waals surface area contributed by atoms with E-state index in [0.29, 0.717) is 42.7 Å². The van der Waals surface area contributed by atoms with Gasteiger partial charge in [0, 0.05) is 60.8 Å². The van der Waals surface area contributed by atoms with Crippen molar-refractivity contribution in [1.29, 1.82) is 0 Å². The summed E-state index contributed by atoms with van der Waals surface area (Å²) in [6.45, 7) is 7.89. The Hall–Kier alpha value is -4.68. The molecule has 3 aromatic rings. The van der Waals surface area contributed by atoms with Crippen molar-refractivity contribution in [3.8, 4) is 11.8 Å². The van der Waals surface area contributed by atoms with Gasteiger partial charge in [0.15, 0.2) is 0 Å². The lowest BCUT2D eigenvalue weighted by Gasteiger charge is -2.26. The molecule has 2 heterocycles. The van der Waals surface area contributed by atoms with Gasteiger partial charge in [-0.15, -0.1) is 0 Å². The van der Waals surface area contributed by atoms with Gasteiger partial charge < -0.3 is 26.2 Å². The number of hydrogen-bond donors (Lipinski definition) is 4. The van der Waals surface area contributed by atoms with Gasteiger partial charge in [-0.1, -0.05) is 37.3 Å². The lowest BCUT2D eigenvalue weighted by atomic mass is 10.00. The number of piperidine rings is 1. The van der Waals surface area contributed by atoms with Crippen molar-refractivity contribution in [1.82, 2.24) is 25.8 Å². The van der Waals surface area contributed by atoms with Crippen LogP contribution in [-0.2, 0) is 11.2 Å². The minimum atomic E-state index is -0.322. The molecule has 9 nitrogen and oxygen atoms in total. The highest BCUT2D eigenvalue weighted by molar-refractivity contribution is 5.94. The number of pyridine rings is 1. The quantitative estimate of drug-likeness (QED) is 0.241. The molecule has 1 unspecified atom stereocenters. The number of amides is 4. The summed E-state index contributed by atoms with van der Waals surface area (Å²) in [4.78, 5) is 43.8. The van der Waals surface area contributed by atoms with Crippen LogP contribution in [0.25, 0.3) is 0 Å². The van der Waals surface area contributed by atoms with E-state index in [0.717, 1.165) is 36.3 Å². The first-order chi connectivity index (χ1) is 21.4. The van der Waals surface area contributed by atoms with E-state index < -0.39 is 0 Å². The second-order valence-electron chi connectivity index (χ2n) is 10.9. The van der Waals surface area contributed by atoms with E-state index in [4.69, 9.17) is 0 Å². The lowest BCUT2D eigenvalue weighted by molar-refractivity contribution is -0.121. The molecule has 0 spiro atoms. The molecule has 1 aliphatic heterocycles. The Bertz CT molecular complexity index is 1460. The number of nitrogens with one attached hydrogen (secondary N) is 4. The van der Waals surface area contributed by atoms with Crippen LogP contribution in [0.5, 0.6) is 0 Å². The first kappa shape index (κ1) is 32.2. The predicted octanol–water partition coefficient (Wildman–Crippen LogP) is 4.65. The maximum Gasteiger partial charge on any atom is 0.319 e. The summed E-state index contributed by atoms with van der Waals surface area (Å²) in [7, 11) is 0. The molecule has 1 aliphatic rings. The Morgan fingerprint density at radius 2 is 1.75 bits per heavy atom. The molecule has 1 atom stereocenters. The van der Waals surface area contributed by atoms with Crippen molar-refractivity contribution in [3.63, 3.8) is 0 Å². The molecule has 2 aromatic carbocycles. The maximum atomic E-state index is 12.6. The van der Waals surface area contributed by atoms with E-state index in [2.05, 4.69) is 43.0 Å². The predicted molar refractivity (Wildman–Crippen MR) is 173 cm³/mol. The molecule has 4 N–H and O–H groups in total. The van der Waals surface area contributed by atoms with Crippen LogP contribution in [0.15, 0.2) is 67.0 Å². The molecule has 1 fully saturated rings. The summed E-state index contributed by atoms with van der Waals surface area (Å²) >= 11 is 0. The third kappa shape index (κ3) is 10.2. The Balaban J connectivity index is 1.40. The van der Waals surface area contributed by atoms with E-state index in [1.165, 1.54) is 19.3 Å². The van der Waals surface area contributed by atoms with E-state index >= 15 is 0 Å². The molecule has 4 rings (SSSR count). The highest BCUT2D eigenvalue weighted by Gasteiger charge is 2.14. The number of hydrogen-bond acceptors (Lipinski definition) is 5. The monoisotopic (exact) mass is 594 g/mol. The fraction of sp³-hybridized carbons (Fsp3) is 0.371. The van der Waals surface area contributed by atoms with Gasteiger partial charge in [0.2, 0.25) is 5.91 Å². The summed E-state index contributed by atoms with van der Waals surface area (Å²) in [6.07, 6.45) is 8.30. The highest BCUT2D eigenvalue weighted by Crippen LogP contribution is 2.22. The zero-order valence-electron chi connectivity index (χ0n) is 25.6. The van der Waals surface area contributed by atoms with Gasteiger partial charge in [-0.2, -0.15) is 0 Å². The van der Waals surface area contributed by atoms with Crippen molar-refractivity contribution in [2.24, 2.45) is 0 Å². The molecular formula is C35H42N6O3. The van der Waals surface area contributed by atoms with E-state index in [1.54, 1.807) is 37.5 Å². The fourth-order valence-electron chi connectivity index (χ4n) is 5.04. The minimum Gasteiger partial charge on any atom is -0.351 e. The van der Waals surface area contributed by atoms with E-state index in [9.17, 15) is 14.4 Å². The van der Waals surface area contributed by atoms with Crippen LogP contribution in [0.1, 0.15) is 78.2 Å². The zero-order valence-corrected chi connectivity index (χ0v) is 25.6. The zero-order chi connectivity index (χ0) is 31.1. The summed E-state index contributed by atoms with van der Waals surface area (Å²) in [5, 5.41) is 11.7. The minimum absolute atomic E-state index is 0.0589. The van der Waals surface area contributed by atoms with Crippen LogP contribution < -0.4 is 21.3 Å². The van der Waals surface area contributed by atoms with Crippen LogP contribution >= 0.6 is 0 Å². The smallest absolute Gasteiger partial charge is 0.319 e. The third-order valence-corrected chi connectivity index (χ3v) is 7.55. The van der Waals surface area contributed by atoms with Gasteiger partial charge in [-0.05, 0) is 92.9 Å². The molecule has 0 saturated carbocycles. The molecule has 44 heavy (non-hydrogen) atoms. The Labute approximate surface area is 260 Å². The maximum absolute atomic E-state index is 12.6. The topological polar surface area (TPSA) is 115 Å². The van der Waals surface area contributed by atoms with Crippen LogP contribution in [0.2, 0.25) is 0 Å². The highest BCUT2D eigenvalue weighted by atomic mass is 16.2. The largest absolute Gasteiger partial charge is 0.351 e. The standard InChI is InChI=1S/C35H42N6O3/c1-3-33(42)39-26(2)32-16-15-31(40-35(44)38-19-17-28-8-7-18-36-25-28)24-30(32)14-11-27-9-12-29(13-10-27)34(43)37-20-23-41-21-5-4-6-22-41/h7-10,12-13,15-16,18,24-26H,3-6,17,19-23H2,1-2H3,(H,37,43)(H,39,42)(H2,38,40,44). The SMILES string of the molecule is CCC(=O)NC(C)c1ccc(NC(=O)NCCc2cccnc2)cc1C#Cc1ccc(C(=O)NCCN2CCCCC2)cc1.